The number of ether oxygens (including phenoxy) is 2. The lowest BCUT2D eigenvalue weighted by Crippen LogP contribution is -2.12. The molecule has 0 bridgehead atoms. The maximum absolute atomic E-state index is 13.9. The molecular weight excluding hydrogens is 301 g/mol. The van der Waals surface area contributed by atoms with E-state index in [2.05, 4.69) is 15.0 Å². The molecule has 0 aliphatic carbocycles. The van der Waals surface area contributed by atoms with Gasteiger partial charge in [-0.2, -0.15) is 4.39 Å². The molecule has 3 aromatic rings. The van der Waals surface area contributed by atoms with Crippen molar-refractivity contribution in [3.05, 3.63) is 46.4 Å². The van der Waals surface area contributed by atoms with Crippen molar-refractivity contribution in [3.8, 4) is 22.8 Å². The molecule has 0 saturated carbocycles. The summed E-state index contributed by atoms with van der Waals surface area (Å²) in [6.07, 6.45) is 0. The first kappa shape index (κ1) is 15.0. The van der Waals surface area contributed by atoms with Crippen molar-refractivity contribution in [3.63, 3.8) is 0 Å². The lowest BCUT2D eigenvalue weighted by atomic mass is 10.1. The molecule has 0 aliphatic rings. The number of H-pyrrole nitrogens is 1. The molecule has 0 aliphatic heterocycles. The molecule has 6 nitrogen and oxygen atoms in total. The van der Waals surface area contributed by atoms with Gasteiger partial charge in [0, 0.05) is 11.6 Å². The fourth-order valence-corrected chi connectivity index (χ4v) is 2.44. The average Bonchev–Trinajstić information content (AvgIpc) is 2.52. The van der Waals surface area contributed by atoms with Gasteiger partial charge in [-0.3, -0.25) is 4.79 Å². The zero-order chi connectivity index (χ0) is 16.6. The van der Waals surface area contributed by atoms with E-state index in [-0.39, 0.29) is 22.2 Å². The van der Waals surface area contributed by atoms with Crippen LogP contribution in [0.25, 0.3) is 22.2 Å². The topological polar surface area (TPSA) is 77.1 Å². The molecule has 118 valence electrons. The number of aryl methyl sites for hydroxylation is 1. The molecule has 0 atom stereocenters. The van der Waals surface area contributed by atoms with Crippen molar-refractivity contribution >= 4 is 10.9 Å². The van der Waals surface area contributed by atoms with Crippen LogP contribution in [-0.2, 0) is 0 Å². The minimum Gasteiger partial charge on any atom is -0.493 e. The molecule has 2 heterocycles. The summed E-state index contributed by atoms with van der Waals surface area (Å²) in [6, 6.07) is 6.13. The summed E-state index contributed by atoms with van der Waals surface area (Å²) in [5.41, 5.74) is 0.617. The highest BCUT2D eigenvalue weighted by atomic mass is 19.1. The van der Waals surface area contributed by atoms with Gasteiger partial charge in [0.25, 0.3) is 5.56 Å². The van der Waals surface area contributed by atoms with Crippen LogP contribution in [0.3, 0.4) is 0 Å². The van der Waals surface area contributed by atoms with Crippen LogP contribution in [0.15, 0.2) is 29.1 Å². The average molecular weight is 315 g/mol. The van der Waals surface area contributed by atoms with E-state index in [1.807, 2.05) is 0 Å². The third-order valence-electron chi connectivity index (χ3n) is 3.43. The monoisotopic (exact) mass is 315 g/mol. The Labute approximate surface area is 130 Å². The van der Waals surface area contributed by atoms with E-state index in [9.17, 15) is 9.18 Å². The Morgan fingerprint density at radius 2 is 1.83 bits per heavy atom. The normalized spacial score (nSPS) is 10.8. The molecule has 23 heavy (non-hydrogen) atoms. The number of rotatable bonds is 3. The van der Waals surface area contributed by atoms with E-state index in [4.69, 9.17) is 9.47 Å². The number of hydrogen-bond acceptors (Lipinski definition) is 5. The third kappa shape index (κ3) is 2.61. The summed E-state index contributed by atoms with van der Waals surface area (Å²) >= 11 is 0. The van der Waals surface area contributed by atoms with Crippen molar-refractivity contribution < 1.29 is 13.9 Å². The Hall–Kier alpha value is -2.96. The van der Waals surface area contributed by atoms with Gasteiger partial charge in [0.2, 0.25) is 5.95 Å². The van der Waals surface area contributed by atoms with Gasteiger partial charge in [0.05, 0.1) is 30.8 Å². The van der Waals surface area contributed by atoms with Crippen LogP contribution in [0.5, 0.6) is 11.5 Å². The highest BCUT2D eigenvalue weighted by Crippen LogP contribution is 2.33. The van der Waals surface area contributed by atoms with Gasteiger partial charge in [-0.1, -0.05) is 0 Å². The van der Waals surface area contributed by atoms with Crippen LogP contribution < -0.4 is 15.0 Å². The molecule has 2 aromatic heterocycles. The minimum absolute atomic E-state index is 0.203. The van der Waals surface area contributed by atoms with Crippen molar-refractivity contribution in [2.45, 2.75) is 6.92 Å². The summed E-state index contributed by atoms with van der Waals surface area (Å²) < 4.78 is 24.3. The van der Waals surface area contributed by atoms with Gasteiger partial charge in [-0.25, -0.2) is 9.97 Å². The van der Waals surface area contributed by atoms with Crippen LogP contribution in [0.1, 0.15) is 5.82 Å². The van der Waals surface area contributed by atoms with Gasteiger partial charge >= 0.3 is 0 Å². The number of nitrogens with zero attached hydrogens (tertiary/aromatic N) is 2. The van der Waals surface area contributed by atoms with E-state index in [1.165, 1.54) is 14.2 Å². The van der Waals surface area contributed by atoms with E-state index < -0.39 is 5.95 Å². The predicted octanol–water partition coefficient (Wildman–Crippen LogP) is 2.45. The molecule has 0 amide bonds. The van der Waals surface area contributed by atoms with Gasteiger partial charge in [-0.15, -0.1) is 0 Å². The molecule has 0 fully saturated rings. The Morgan fingerprint density at radius 3 is 2.52 bits per heavy atom. The van der Waals surface area contributed by atoms with Gasteiger partial charge in [0.1, 0.15) is 5.82 Å². The molecule has 3 rings (SSSR count). The molecule has 7 heteroatoms. The van der Waals surface area contributed by atoms with Crippen molar-refractivity contribution in [2.75, 3.05) is 14.2 Å². The van der Waals surface area contributed by atoms with Gasteiger partial charge in [0.15, 0.2) is 11.5 Å². The van der Waals surface area contributed by atoms with E-state index >= 15 is 0 Å². The highest BCUT2D eigenvalue weighted by Gasteiger charge is 2.15. The number of benzene rings is 1. The highest BCUT2D eigenvalue weighted by molar-refractivity contribution is 5.91. The minimum atomic E-state index is -0.709. The second kappa shape index (κ2) is 5.68. The van der Waals surface area contributed by atoms with E-state index in [0.717, 1.165) is 6.07 Å². The maximum Gasteiger partial charge on any atom is 0.260 e. The number of nitrogens with one attached hydrogen (secondary N) is 1. The quantitative estimate of drug-likeness (QED) is 0.751. The molecule has 0 unspecified atom stereocenters. The first-order chi connectivity index (χ1) is 11.0. The number of hydrogen-bond donors (Lipinski definition) is 1. The molecule has 0 saturated heterocycles. The fourth-order valence-electron chi connectivity index (χ4n) is 2.44. The van der Waals surface area contributed by atoms with Crippen LogP contribution in [0.2, 0.25) is 0 Å². The summed E-state index contributed by atoms with van der Waals surface area (Å²) in [7, 11) is 3.02. The second-order valence-electron chi connectivity index (χ2n) is 4.91. The molecule has 1 aromatic carbocycles. The largest absolute Gasteiger partial charge is 0.493 e. The number of aromatic amines is 1. The second-order valence-corrected chi connectivity index (χ2v) is 4.91. The van der Waals surface area contributed by atoms with Crippen LogP contribution >= 0.6 is 0 Å². The number of aromatic nitrogens is 3. The Bertz CT molecular complexity index is 948. The summed E-state index contributed by atoms with van der Waals surface area (Å²) in [6.45, 7) is 1.63. The number of pyridine rings is 1. The first-order valence-corrected chi connectivity index (χ1v) is 6.83. The van der Waals surface area contributed by atoms with Crippen molar-refractivity contribution in [1.29, 1.82) is 0 Å². The lowest BCUT2D eigenvalue weighted by molar-refractivity contribution is 0.355. The van der Waals surface area contributed by atoms with E-state index in [0.29, 0.717) is 22.9 Å². The number of fused-ring (bicyclic) bond motifs is 1. The molecule has 0 spiro atoms. The lowest BCUT2D eigenvalue weighted by Gasteiger charge is -2.10. The van der Waals surface area contributed by atoms with Gasteiger partial charge in [-0.05, 0) is 25.1 Å². The van der Waals surface area contributed by atoms with Crippen LogP contribution in [0.4, 0.5) is 4.39 Å². The molecular formula is C16H14FN3O3. The summed E-state index contributed by atoms with van der Waals surface area (Å²) in [5, 5.41) is 0.226. The van der Waals surface area contributed by atoms with Gasteiger partial charge < -0.3 is 14.5 Å². The standard InChI is InChI=1S/C16H14FN3O3/c1-8-18-10-7-13(17)20-15(14(10)16(21)19-8)9-4-5-11(22-2)12(6-9)23-3/h4-7H,1-3H3,(H,18,19,21). The van der Waals surface area contributed by atoms with E-state index in [1.54, 1.807) is 25.1 Å². The zero-order valence-corrected chi connectivity index (χ0v) is 12.8. The number of methoxy groups -OCH3 is 2. The number of halogens is 1. The SMILES string of the molecule is COc1ccc(-c2nc(F)cc3nc(C)[nH]c(=O)c23)cc1OC. The predicted molar refractivity (Wildman–Crippen MR) is 83.4 cm³/mol. The fraction of sp³-hybridized carbons (Fsp3) is 0.188. The smallest absolute Gasteiger partial charge is 0.260 e. The first-order valence-electron chi connectivity index (χ1n) is 6.83. The third-order valence-corrected chi connectivity index (χ3v) is 3.43. The summed E-state index contributed by atoms with van der Waals surface area (Å²) in [4.78, 5) is 22.9. The maximum atomic E-state index is 13.9. The van der Waals surface area contributed by atoms with Crippen LogP contribution in [0, 0.1) is 12.9 Å². The van der Waals surface area contributed by atoms with Crippen molar-refractivity contribution in [2.24, 2.45) is 0 Å². The van der Waals surface area contributed by atoms with Crippen LogP contribution in [-0.4, -0.2) is 29.2 Å². The Morgan fingerprint density at radius 1 is 1.09 bits per heavy atom. The Balaban J connectivity index is 2.34. The Kier molecular flexibility index (Phi) is 3.69. The molecule has 1 N–H and O–H groups in total. The zero-order valence-electron chi connectivity index (χ0n) is 12.8. The van der Waals surface area contributed by atoms with Crippen molar-refractivity contribution in [1.82, 2.24) is 15.0 Å². The molecule has 0 radical (unpaired) electrons. The summed E-state index contributed by atoms with van der Waals surface area (Å²) in [5.74, 6) is 0.687.